The maximum absolute atomic E-state index is 10.4. The van der Waals surface area contributed by atoms with Crippen LogP contribution in [0.5, 0.6) is 5.75 Å². The summed E-state index contributed by atoms with van der Waals surface area (Å²) in [5.41, 5.74) is 0.604. The zero-order valence-electron chi connectivity index (χ0n) is 9.56. The monoisotopic (exact) mass is 222 g/mol. The molecule has 0 heterocycles. The van der Waals surface area contributed by atoms with Crippen molar-refractivity contribution in [3.05, 3.63) is 29.8 Å². The Balaban J connectivity index is 2.37. The van der Waals surface area contributed by atoms with Crippen LogP contribution in [0.15, 0.2) is 24.3 Å². The predicted octanol–water partition coefficient (Wildman–Crippen LogP) is 2.78. The lowest BCUT2D eigenvalue weighted by Gasteiger charge is -2.13. The normalized spacial score (nSPS) is 12.1. The van der Waals surface area contributed by atoms with Crippen molar-refractivity contribution in [2.24, 2.45) is 0 Å². The molecule has 3 heteroatoms. The lowest BCUT2D eigenvalue weighted by atomic mass is 10.2. The number of benzene rings is 1. The van der Waals surface area contributed by atoms with Crippen LogP contribution in [0.2, 0.25) is 0 Å². The third-order valence-corrected chi connectivity index (χ3v) is 2.34. The van der Waals surface area contributed by atoms with Gasteiger partial charge in [0.1, 0.15) is 12.0 Å². The zero-order valence-corrected chi connectivity index (χ0v) is 9.56. The quantitative estimate of drug-likeness (QED) is 0.438. The molecule has 0 aliphatic carbocycles. The number of ether oxygens (including phenoxy) is 1. The maximum Gasteiger partial charge on any atom is 0.197 e. The first kappa shape index (κ1) is 12.7. The Morgan fingerprint density at radius 3 is 2.56 bits per heavy atom. The summed E-state index contributed by atoms with van der Waals surface area (Å²) in [4.78, 5) is 10.4. The third-order valence-electron chi connectivity index (χ3n) is 2.34. The molecule has 0 aliphatic heterocycles. The Morgan fingerprint density at radius 2 is 2.00 bits per heavy atom. The van der Waals surface area contributed by atoms with E-state index in [9.17, 15) is 9.90 Å². The molecule has 1 N–H and O–H groups in total. The number of aldehydes is 1. The van der Waals surface area contributed by atoms with E-state index >= 15 is 0 Å². The van der Waals surface area contributed by atoms with Crippen LogP contribution in [-0.4, -0.2) is 17.7 Å². The predicted molar refractivity (Wildman–Crippen MR) is 62.6 cm³/mol. The van der Waals surface area contributed by atoms with Gasteiger partial charge in [-0.1, -0.05) is 19.8 Å². The Bertz CT molecular complexity index is 305. The van der Waals surface area contributed by atoms with Crippen molar-refractivity contribution in [3.8, 4) is 5.75 Å². The summed E-state index contributed by atoms with van der Waals surface area (Å²) in [7, 11) is 0. The number of carbonyl (C=O) groups is 1. The van der Waals surface area contributed by atoms with Gasteiger partial charge in [0.05, 0.1) is 0 Å². The molecule has 1 atom stereocenters. The van der Waals surface area contributed by atoms with E-state index in [1.807, 2.05) is 0 Å². The number of aliphatic hydroxyl groups excluding tert-OH is 1. The van der Waals surface area contributed by atoms with Gasteiger partial charge < -0.3 is 9.84 Å². The molecule has 0 radical (unpaired) electrons. The fourth-order valence-electron chi connectivity index (χ4n) is 1.41. The van der Waals surface area contributed by atoms with E-state index in [1.54, 1.807) is 24.3 Å². The molecule has 3 nitrogen and oxygen atoms in total. The number of hydrogen-bond donors (Lipinski definition) is 1. The van der Waals surface area contributed by atoms with Gasteiger partial charge in [-0.25, -0.2) is 0 Å². The van der Waals surface area contributed by atoms with Gasteiger partial charge in [0.25, 0.3) is 0 Å². The fraction of sp³-hybridized carbons (Fsp3) is 0.462. The number of unbranched alkanes of at least 4 members (excludes halogenated alkanes) is 2. The van der Waals surface area contributed by atoms with Crippen molar-refractivity contribution in [2.45, 2.75) is 38.9 Å². The van der Waals surface area contributed by atoms with Crippen LogP contribution >= 0.6 is 0 Å². The van der Waals surface area contributed by atoms with E-state index in [4.69, 9.17) is 4.74 Å². The first-order valence-electron chi connectivity index (χ1n) is 5.66. The van der Waals surface area contributed by atoms with Crippen LogP contribution in [0.25, 0.3) is 0 Å². The maximum atomic E-state index is 10.4. The summed E-state index contributed by atoms with van der Waals surface area (Å²) in [5.74, 6) is 0.592. The Labute approximate surface area is 96.1 Å². The van der Waals surface area contributed by atoms with Crippen LogP contribution in [0, 0.1) is 0 Å². The standard InChI is InChI=1S/C13H18O3/c1-2-3-4-5-13(15)16-12-8-6-11(10-14)7-9-12/h6-10,13,15H,2-5H2,1H3. The van der Waals surface area contributed by atoms with Crippen molar-refractivity contribution < 1.29 is 14.6 Å². The van der Waals surface area contributed by atoms with Gasteiger partial charge in [-0.15, -0.1) is 0 Å². The second kappa shape index (κ2) is 7.01. The molecule has 0 aliphatic rings. The first-order chi connectivity index (χ1) is 7.76. The molecule has 0 aromatic heterocycles. The highest BCUT2D eigenvalue weighted by Crippen LogP contribution is 2.14. The van der Waals surface area contributed by atoms with E-state index in [0.29, 0.717) is 17.7 Å². The molecule has 0 saturated carbocycles. The lowest BCUT2D eigenvalue weighted by Crippen LogP contribution is -2.15. The average Bonchev–Trinajstić information content (AvgIpc) is 2.30. The molecule has 1 aromatic carbocycles. The highest BCUT2D eigenvalue weighted by Gasteiger charge is 2.05. The van der Waals surface area contributed by atoms with Crippen LogP contribution in [0.1, 0.15) is 43.0 Å². The molecular weight excluding hydrogens is 204 g/mol. The van der Waals surface area contributed by atoms with Crippen molar-refractivity contribution in [1.82, 2.24) is 0 Å². The Hall–Kier alpha value is -1.35. The molecule has 16 heavy (non-hydrogen) atoms. The second-order valence-corrected chi connectivity index (χ2v) is 3.76. The van der Waals surface area contributed by atoms with Gasteiger partial charge in [-0.2, -0.15) is 0 Å². The van der Waals surface area contributed by atoms with E-state index < -0.39 is 6.29 Å². The number of carbonyl (C=O) groups excluding carboxylic acids is 1. The molecular formula is C13H18O3. The van der Waals surface area contributed by atoms with Gasteiger partial charge >= 0.3 is 0 Å². The molecule has 0 bridgehead atoms. The molecule has 0 saturated heterocycles. The Morgan fingerprint density at radius 1 is 1.31 bits per heavy atom. The van der Waals surface area contributed by atoms with Crippen LogP contribution in [-0.2, 0) is 0 Å². The Kier molecular flexibility index (Phi) is 5.57. The summed E-state index contributed by atoms with van der Waals surface area (Å²) < 4.78 is 5.30. The minimum absolute atomic E-state index is 0.592. The van der Waals surface area contributed by atoms with Crippen molar-refractivity contribution in [3.63, 3.8) is 0 Å². The van der Waals surface area contributed by atoms with Gasteiger partial charge in [0, 0.05) is 12.0 Å². The van der Waals surface area contributed by atoms with Gasteiger partial charge in [0.2, 0.25) is 0 Å². The smallest absolute Gasteiger partial charge is 0.197 e. The minimum atomic E-state index is -0.756. The first-order valence-corrected chi connectivity index (χ1v) is 5.66. The fourth-order valence-corrected chi connectivity index (χ4v) is 1.41. The van der Waals surface area contributed by atoms with E-state index in [-0.39, 0.29) is 0 Å². The largest absolute Gasteiger partial charge is 0.465 e. The lowest BCUT2D eigenvalue weighted by molar-refractivity contribution is -0.0245. The number of hydrogen-bond acceptors (Lipinski definition) is 3. The summed E-state index contributed by atoms with van der Waals surface area (Å²) in [6.07, 6.45) is 3.86. The summed E-state index contributed by atoms with van der Waals surface area (Å²) in [6, 6.07) is 6.71. The van der Waals surface area contributed by atoms with Crippen LogP contribution in [0.4, 0.5) is 0 Å². The SMILES string of the molecule is CCCCCC(O)Oc1ccc(C=O)cc1. The molecule has 1 aromatic rings. The molecule has 1 rings (SSSR count). The van der Waals surface area contributed by atoms with Crippen LogP contribution in [0.3, 0.4) is 0 Å². The van der Waals surface area contributed by atoms with Gasteiger partial charge in [0.15, 0.2) is 6.29 Å². The van der Waals surface area contributed by atoms with E-state index in [1.165, 1.54) is 0 Å². The highest BCUT2D eigenvalue weighted by molar-refractivity contribution is 5.74. The molecule has 1 unspecified atom stereocenters. The second-order valence-electron chi connectivity index (χ2n) is 3.76. The number of aliphatic hydroxyl groups is 1. The third kappa shape index (κ3) is 4.45. The van der Waals surface area contributed by atoms with E-state index in [2.05, 4.69) is 6.92 Å². The van der Waals surface area contributed by atoms with Gasteiger partial charge in [-0.3, -0.25) is 4.79 Å². The zero-order chi connectivity index (χ0) is 11.8. The van der Waals surface area contributed by atoms with Gasteiger partial charge in [-0.05, 0) is 30.7 Å². The molecule has 0 fully saturated rings. The number of rotatable bonds is 7. The summed E-state index contributed by atoms with van der Waals surface area (Å²) in [6.45, 7) is 2.12. The molecule has 88 valence electrons. The van der Waals surface area contributed by atoms with E-state index in [0.717, 1.165) is 25.5 Å². The minimum Gasteiger partial charge on any atom is -0.465 e. The van der Waals surface area contributed by atoms with Crippen molar-refractivity contribution in [2.75, 3.05) is 0 Å². The summed E-state index contributed by atoms with van der Waals surface area (Å²) >= 11 is 0. The molecule has 0 amide bonds. The highest BCUT2D eigenvalue weighted by atomic mass is 16.6. The van der Waals surface area contributed by atoms with Crippen LogP contribution < -0.4 is 4.74 Å². The van der Waals surface area contributed by atoms with Crippen molar-refractivity contribution >= 4 is 6.29 Å². The topological polar surface area (TPSA) is 46.5 Å². The van der Waals surface area contributed by atoms with Crippen molar-refractivity contribution in [1.29, 1.82) is 0 Å². The summed E-state index contributed by atoms with van der Waals surface area (Å²) in [5, 5.41) is 9.56. The molecule has 0 spiro atoms. The average molecular weight is 222 g/mol.